The fraction of sp³-hybridized carbons (Fsp3) is 0.0909. The number of hydrogen-bond acceptors (Lipinski definition) is 5. The van der Waals surface area contributed by atoms with E-state index in [1.165, 1.54) is 6.08 Å². The highest BCUT2D eigenvalue weighted by atomic mass is 16.5. The number of amides is 1. The monoisotopic (exact) mass is 385 g/mol. The minimum absolute atomic E-state index is 0.201. The van der Waals surface area contributed by atoms with Gasteiger partial charge in [0.1, 0.15) is 12.4 Å². The van der Waals surface area contributed by atoms with E-state index in [-0.39, 0.29) is 5.91 Å². The Balaban J connectivity index is 1.28. The van der Waals surface area contributed by atoms with Crippen molar-refractivity contribution in [1.29, 1.82) is 0 Å². The Kier molecular flexibility index (Phi) is 5.57. The van der Waals surface area contributed by atoms with Gasteiger partial charge in [-0.3, -0.25) is 14.2 Å². The van der Waals surface area contributed by atoms with E-state index in [2.05, 4.69) is 20.5 Å². The van der Waals surface area contributed by atoms with Crippen molar-refractivity contribution in [3.8, 4) is 5.75 Å². The summed E-state index contributed by atoms with van der Waals surface area (Å²) in [6.07, 6.45) is 6.85. The first kappa shape index (κ1) is 18.4. The second-order valence-electron chi connectivity index (χ2n) is 6.27. The lowest BCUT2D eigenvalue weighted by Crippen LogP contribution is -2.21. The SMILES string of the molecule is O=C(/C=C/c1ccc(OCc2ccccn2)cc1)NCc1nnc2ccccn12. The molecular formula is C22H19N5O2. The molecule has 0 aliphatic rings. The van der Waals surface area contributed by atoms with Gasteiger partial charge in [-0.15, -0.1) is 10.2 Å². The van der Waals surface area contributed by atoms with E-state index in [0.717, 1.165) is 22.7 Å². The van der Waals surface area contributed by atoms with Crippen molar-refractivity contribution in [1.82, 2.24) is 24.9 Å². The van der Waals surface area contributed by atoms with Crippen LogP contribution in [0, 0.1) is 0 Å². The zero-order valence-corrected chi connectivity index (χ0v) is 15.6. The van der Waals surface area contributed by atoms with Crippen molar-refractivity contribution in [3.63, 3.8) is 0 Å². The lowest BCUT2D eigenvalue weighted by molar-refractivity contribution is -0.116. The molecule has 3 heterocycles. The van der Waals surface area contributed by atoms with E-state index < -0.39 is 0 Å². The Hall–Kier alpha value is -4.00. The second kappa shape index (κ2) is 8.79. The van der Waals surface area contributed by atoms with E-state index in [9.17, 15) is 4.79 Å². The predicted octanol–water partition coefficient (Wildman–Crippen LogP) is 3.03. The van der Waals surface area contributed by atoms with Crippen LogP contribution in [0.2, 0.25) is 0 Å². The molecule has 0 aliphatic carbocycles. The summed E-state index contributed by atoms with van der Waals surface area (Å²) in [5, 5.41) is 11.0. The first-order valence-electron chi connectivity index (χ1n) is 9.15. The number of pyridine rings is 2. The molecule has 0 saturated carbocycles. The molecule has 1 aromatic carbocycles. The highest BCUT2D eigenvalue weighted by Crippen LogP contribution is 2.14. The summed E-state index contributed by atoms with van der Waals surface area (Å²) >= 11 is 0. The number of ether oxygens (including phenoxy) is 1. The molecule has 0 radical (unpaired) electrons. The van der Waals surface area contributed by atoms with Crippen LogP contribution in [0.3, 0.4) is 0 Å². The molecule has 29 heavy (non-hydrogen) atoms. The molecule has 3 aromatic heterocycles. The molecule has 0 fully saturated rings. The van der Waals surface area contributed by atoms with Crippen LogP contribution in [0.5, 0.6) is 5.75 Å². The maximum atomic E-state index is 12.1. The molecule has 4 aromatic rings. The molecule has 4 rings (SSSR count). The number of aromatic nitrogens is 4. The zero-order chi connectivity index (χ0) is 19.9. The van der Waals surface area contributed by atoms with Gasteiger partial charge in [-0.1, -0.05) is 24.3 Å². The van der Waals surface area contributed by atoms with Crippen LogP contribution in [-0.4, -0.2) is 25.5 Å². The van der Waals surface area contributed by atoms with Crippen molar-refractivity contribution in [2.45, 2.75) is 13.2 Å². The molecule has 7 nitrogen and oxygen atoms in total. The molecule has 0 aliphatic heterocycles. The summed E-state index contributed by atoms with van der Waals surface area (Å²) in [6, 6.07) is 18.9. The standard InChI is InChI=1S/C22H19N5O2/c28-22(24-15-21-26-25-20-6-2-4-14-27(20)21)12-9-17-7-10-19(11-8-17)29-16-18-5-1-3-13-23-18/h1-14H,15-16H2,(H,24,28)/b12-9+. The van der Waals surface area contributed by atoms with Gasteiger partial charge in [0.15, 0.2) is 11.5 Å². The van der Waals surface area contributed by atoms with E-state index in [1.807, 2.05) is 71.3 Å². The third-order valence-electron chi connectivity index (χ3n) is 4.23. The van der Waals surface area contributed by atoms with Gasteiger partial charge in [-0.25, -0.2) is 0 Å². The molecule has 0 spiro atoms. The normalized spacial score (nSPS) is 11.0. The Bertz CT molecular complexity index is 1120. The Morgan fingerprint density at radius 2 is 1.90 bits per heavy atom. The molecular weight excluding hydrogens is 366 g/mol. The molecule has 1 amide bonds. The lowest BCUT2D eigenvalue weighted by Gasteiger charge is -2.05. The van der Waals surface area contributed by atoms with Gasteiger partial charge in [0.25, 0.3) is 0 Å². The van der Waals surface area contributed by atoms with Crippen LogP contribution in [0.1, 0.15) is 17.1 Å². The average molecular weight is 385 g/mol. The summed E-state index contributed by atoms with van der Waals surface area (Å²) in [5.41, 5.74) is 2.52. The van der Waals surface area contributed by atoms with Gasteiger partial charge in [0.05, 0.1) is 12.2 Å². The summed E-state index contributed by atoms with van der Waals surface area (Å²) in [6.45, 7) is 0.713. The largest absolute Gasteiger partial charge is 0.487 e. The second-order valence-corrected chi connectivity index (χ2v) is 6.27. The summed E-state index contributed by atoms with van der Waals surface area (Å²) in [4.78, 5) is 16.3. The summed E-state index contributed by atoms with van der Waals surface area (Å²) in [5.74, 6) is 1.22. The van der Waals surface area contributed by atoms with Crippen LogP contribution in [-0.2, 0) is 17.9 Å². The quantitative estimate of drug-likeness (QED) is 0.495. The third kappa shape index (κ3) is 4.84. The Morgan fingerprint density at radius 3 is 2.72 bits per heavy atom. The van der Waals surface area contributed by atoms with Crippen molar-refractivity contribution in [2.75, 3.05) is 0 Å². The van der Waals surface area contributed by atoms with Gasteiger partial charge in [0.2, 0.25) is 5.91 Å². The fourth-order valence-corrected chi connectivity index (χ4v) is 2.72. The van der Waals surface area contributed by atoms with Gasteiger partial charge in [-0.2, -0.15) is 0 Å². The minimum atomic E-state index is -0.201. The van der Waals surface area contributed by atoms with Crippen LogP contribution < -0.4 is 10.1 Å². The molecule has 144 valence electrons. The van der Waals surface area contributed by atoms with Crippen LogP contribution in [0.15, 0.2) is 79.1 Å². The summed E-state index contributed by atoms with van der Waals surface area (Å²) < 4.78 is 7.55. The van der Waals surface area contributed by atoms with Crippen LogP contribution in [0.25, 0.3) is 11.7 Å². The van der Waals surface area contributed by atoms with E-state index in [4.69, 9.17) is 4.74 Å². The fourth-order valence-electron chi connectivity index (χ4n) is 2.72. The van der Waals surface area contributed by atoms with Gasteiger partial charge in [0, 0.05) is 18.5 Å². The molecule has 0 bridgehead atoms. The molecule has 0 saturated heterocycles. The Labute approximate surface area is 167 Å². The van der Waals surface area contributed by atoms with Gasteiger partial charge >= 0.3 is 0 Å². The topological polar surface area (TPSA) is 81.4 Å². The molecule has 0 unspecified atom stereocenters. The van der Waals surface area contributed by atoms with Crippen molar-refractivity contribution in [2.24, 2.45) is 0 Å². The number of benzene rings is 1. The smallest absolute Gasteiger partial charge is 0.244 e. The van der Waals surface area contributed by atoms with E-state index >= 15 is 0 Å². The number of fused-ring (bicyclic) bond motifs is 1. The highest BCUT2D eigenvalue weighted by molar-refractivity contribution is 5.91. The first-order chi connectivity index (χ1) is 14.3. The van der Waals surface area contributed by atoms with Crippen molar-refractivity contribution in [3.05, 3.63) is 96.2 Å². The zero-order valence-electron chi connectivity index (χ0n) is 15.6. The number of hydrogen-bond donors (Lipinski definition) is 1. The van der Waals surface area contributed by atoms with Gasteiger partial charge < -0.3 is 10.1 Å². The van der Waals surface area contributed by atoms with Crippen LogP contribution >= 0.6 is 0 Å². The van der Waals surface area contributed by atoms with Gasteiger partial charge in [-0.05, 0) is 48.0 Å². The minimum Gasteiger partial charge on any atom is -0.487 e. The number of nitrogens with zero attached hydrogens (tertiary/aromatic N) is 4. The molecule has 7 heteroatoms. The number of carbonyl (C=O) groups excluding carboxylic acids is 1. The Morgan fingerprint density at radius 1 is 1.03 bits per heavy atom. The first-order valence-corrected chi connectivity index (χ1v) is 9.15. The van der Waals surface area contributed by atoms with E-state index in [1.54, 1.807) is 12.3 Å². The lowest BCUT2D eigenvalue weighted by atomic mass is 10.2. The third-order valence-corrected chi connectivity index (χ3v) is 4.23. The predicted molar refractivity (Wildman–Crippen MR) is 109 cm³/mol. The van der Waals surface area contributed by atoms with Crippen LogP contribution in [0.4, 0.5) is 0 Å². The summed E-state index contributed by atoms with van der Waals surface area (Å²) in [7, 11) is 0. The average Bonchev–Trinajstić information content (AvgIpc) is 3.19. The van der Waals surface area contributed by atoms with E-state index in [0.29, 0.717) is 19.0 Å². The maximum absolute atomic E-state index is 12.1. The maximum Gasteiger partial charge on any atom is 0.244 e. The van der Waals surface area contributed by atoms with Crippen molar-refractivity contribution >= 4 is 17.6 Å². The molecule has 1 N–H and O–H groups in total. The highest BCUT2D eigenvalue weighted by Gasteiger charge is 2.05. The number of carbonyl (C=O) groups is 1. The molecule has 0 atom stereocenters. The number of rotatable bonds is 7. The van der Waals surface area contributed by atoms with Crippen molar-refractivity contribution < 1.29 is 9.53 Å². The number of nitrogens with one attached hydrogen (secondary N) is 1.